The Kier molecular flexibility index (Phi) is 3.45. The molecule has 0 amide bonds. The second kappa shape index (κ2) is 4.60. The Morgan fingerprint density at radius 2 is 1.93 bits per heavy atom. The van der Waals surface area contributed by atoms with Crippen LogP contribution in [0.3, 0.4) is 0 Å². The molecule has 1 aromatic carbocycles. The molecule has 0 saturated heterocycles. The molecule has 2 aromatic rings. The number of aromatic nitrogens is 2. The van der Waals surface area contributed by atoms with Crippen molar-refractivity contribution >= 4 is 30.2 Å². The summed E-state index contributed by atoms with van der Waals surface area (Å²) >= 11 is 0. The lowest BCUT2D eigenvalue weighted by atomic mass is 10.1. The van der Waals surface area contributed by atoms with E-state index in [4.69, 9.17) is 13.6 Å². The van der Waals surface area contributed by atoms with Crippen LogP contribution < -0.4 is 11.3 Å². The monoisotopic (exact) mass is 185 g/mol. The van der Waals surface area contributed by atoms with Crippen LogP contribution in [0.1, 0.15) is 13.8 Å². The zero-order valence-corrected chi connectivity index (χ0v) is 8.36. The lowest BCUT2D eigenvalue weighted by Gasteiger charge is -1.98. The predicted octanol–water partition coefficient (Wildman–Crippen LogP) is 1.03. The molecule has 0 atom stereocenters. The van der Waals surface area contributed by atoms with Crippen LogP contribution in [0.4, 0.5) is 5.69 Å². The van der Waals surface area contributed by atoms with Crippen LogP contribution >= 0.6 is 0 Å². The van der Waals surface area contributed by atoms with Crippen molar-refractivity contribution in [2.45, 2.75) is 13.8 Å². The average Bonchev–Trinajstić information content (AvgIpc) is 2.20. The van der Waals surface area contributed by atoms with E-state index >= 15 is 0 Å². The van der Waals surface area contributed by atoms with Gasteiger partial charge in [0.2, 0.25) is 0 Å². The third-order valence-electron chi connectivity index (χ3n) is 1.58. The van der Waals surface area contributed by atoms with Crippen LogP contribution in [0, 0.1) is 0 Å². The van der Waals surface area contributed by atoms with E-state index in [1.54, 1.807) is 12.1 Å². The van der Waals surface area contributed by atoms with Crippen LogP contribution in [0.15, 0.2) is 24.4 Å². The van der Waals surface area contributed by atoms with Crippen LogP contribution in [0.5, 0.6) is 0 Å². The van der Waals surface area contributed by atoms with Gasteiger partial charge >= 0.3 is 0 Å². The van der Waals surface area contributed by atoms with Gasteiger partial charge in [0, 0.05) is 17.5 Å². The maximum Gasteiger partial charge on any atom is 0.143 e. The first-order valence-electron chi connectivity index (χ1n) is 4.53. The molecule has 0 bridgehead atoms. The van der Waals surface area contributed by atoms with Crippen LogP contribution in [0.2, 0.25) is 0 Å². The molecule has 14 heavy (non-hydrogen) atoms. The number of nitrogens with zero attached hydrogens (tertiary/aromatic N) is 2. The molecule has 3 nitrogen and oxygen atoms in total. The topological polar surface area (TPSA) is 51.8 Å². The van der Waals surface area contributed by atoms with Crippen molar-refractivity contribution in [3.63, 3.8) is 0 Å². The van der Waals surface area contributed by atoms with Crippen molar-refractivity contribution in [2.24, 2.45) is 0 Å². The number of benzene rings is 1. The van der Waals surface area contributed by atoms with Crippen molar-refractivity contribution in [2.75, 3.05) is 5.73 Å². The van der Waals surface area contributed by atoms with E-state index in [2.05, 4.69) is 9.97 Å². The third-order valence-corrected chi connectivity index (χ3v) is 1.58. The zero-order valence-electron chi connectivity index (χ0n) is 8.36. The second-order valence-corrected chi connectivity index (χ2v) is 2.54. The van der Waals surface area contributed by atoms with E-state index in [9.17, 15) is 0 Å². The van der Waals surface area contributed by atoms with Crippen molar-refractivity contribution in [1.82, 2.24) is 9.97 Å². The molecule has 0 unspecified atom stereocenters. The van der Waals surface area contributed by atoms with Gasteiger partial charge in [0.05, 0.1) is 11.0 Å². The molecule has 0 aliphatic carbocycles. The Hall–Kier alpha value is -1.58. The maximum absolute atomic E-state index is 5.57. The second-order valence-electron chi connectivity index (χ2n) is 2.54. The SMILES string of the molecule is CC.[B]c1cnc2ccc(N)cc2n1. The molecule has 2 radical (unpaired) electrons. The van der Waals surface area contributed by atoms with Gasteiger partial charge in [-0.2, -0.15) is 0 Å². The van der Waals surface area contributed by atoms with Gasteiger partial charge in [0.15, 0.2) is 0 Å². The van der Waals surface area contributed by atoms with E-state index in [0.717, 1.165) is 11.0 Å². The first-order chi connectivity index (χ1) is 6.75. The highest BCUT2D eigenvalue weighted by molar-refractivity contribution is 6.30. The number of rotatable bonds is 0. The summed E-state index contributed by atoms with van der Waals surface area (Å²) in [5.41, 5.74) is 8.18. The van der Waals surface area contributed by atoms with E-state index < -0.39 is 0 Å². The summed E-state index contributed by atoms with van der Waals surface area (Å²) in [7, 11) is 5.46. The molecule has 1 aromatic heterocycles. The molecule has 0 saturated carbocycles. The molecular formula is C10H12BN3. The molecule has 0 spiro atoms. The van der Waals surface area contributed by atoms with Crippen molar-refractivity contribution in [3.05, 3.63) is 24.4 Å². The van der Waals surface area contributed by atoms with Crippen molar-refractivity contribution in [3.8, 4) is 0 Å². The molecular weight excluding hydrogens is 173 g/mol. The zero-order chi connectivity index (χ0) is 10.6. The molecule has 0 aliphatic rings. The van der Waals surface area contributed by atoms with Gasteiger partial charge < -0.3 is 5.73 Å². The molecule has 1 heterocycles. The number of hydrogen-bond acceptors (Lipinski definition) is 3. The highest BCUT2D eigenvalue weighted by Gasteiger charge is 1.95. The largest absolute Gasteiger partial charge is 0.399 e. The van der Waals surface area contributed by atoms with E-state index in [1.807, 2.05) is 19.9 Å². The minimum atomic E-state index is 0.410. The number of nitrogen functional groups attached to an aromatic ring is 1. The van der Waals surface area contributed by atoms with Crippen molar-refractivity contribution < 1.29 is 0 Å². The van der Waals surface area contributed by atoms with Gasteiger partial charge in [0.1, 0.15) is 7.85 Å². The first kappa shape index (κ1) is 10.5. The Balaban J connectivity index is 0.000000461. The van der Waals surface area contributed by atoms with Crippen LogP contribution in [-0.2, 0) is 0 Å². The molecule has 70 valence electrons. The summed E-state index contributed by atoms with van der Waals surface area (Å²) in [4.78, 5) is 8.15. The standard InChI is InChI=1S/C8H6BN3.C2H6/c9-8-4-11-6-2-1-5(10)3-7(6)12-8;1-2/h1-4H,10H2;1-2H3. The third kappa shape index (κ3) is 2.22. The summed E-state index contributed by atoms with van der Waals surface area (Å²) in [5, 5.41) is 0. The quantitative estimate of drug-likeness (QED) is 0.492. The summed E-state index contributed by atoms with van der Waals surface area (Å²) in [6.45, 7) is 4.00. The fourth-order valence-electron chi connectivity index (χ4n) is 1.04. The Labute approximate surface area is 84.8 Å². The highest BCUT2D eigenvalue weighted by atomic mass is 14.8. The summed E-state index contributed by atoms with van der Waals surface area (Å²) in [6, 6.07) is 5.35. The maximum atomic E-state index is 5.57. The fourth-order valence-corrected chi connectivity index (χ4v) is 1.04. The predicted molar refractivity (Wildman–Crippen MR) is 60.7 cm³/mol. The highest BCUT2D eigenvalue weighted by Crippen LogP contribution is 2.10. The van der Waals surface area contributed by atoms with Crippen LogP contribution in [0.25, 0.3) is 11.0 Å². The van der Waals surface area contributed by atoms with E-state index in [1.165, 1.54) is 6.20 Å². The minimum Gasteiger partial charge on any atom is -0.399 e. The summed E-state index contributed by atoms with van der Waals surface area (Å²) in [5.74, 6) is 0. The van der Waals surface area contributed by atoms with Gasteiger partial charge in [-0.05, 0) is 18.2 Å². The smallest absolute Gasteiger partial charge is 0.143 e. The lowest BCUT2D eigenvalue weighted by Crippen LogP contribution is -2.08. The molecule has 0 fully saturated rings. The van der Waals surface area contributed by atoms with E-state index in [0.29, 0.717) is 11.3 Å². The summed E-state index contributed by atoms with van der Waals surface area (Å²) in [6.07, 6.45) is 1.53. The van der Waals surface area contributed by atoms with Crippen molar-refractivity contribution in [1.29, 1.82) is 0 Å². The lowest BCUT2D eigenvalue weighted by molar-refractivity contribution is 1.34. The van der Waals surface area contributed by atoms with Gasteiger partial charge in [0.25, 0.3) is 0 Å². The Morgan fingerprint density at radius 1 is 1.21 bits per heavy atom. The Bertz CT molecular complexity index is 392. The van der Waals surface area contributed by atoms with Gasteiger partial charge in [-0.3, -0.25) is 9.97 Å². The Morgan fingerprint density at radius 3 is 2.64 bits per heavy atom. The van der Waals surface area contributed by atoms with Gasteiger partial charge in [-0.1, -0.05) is 13.8 Å². The molecule has 4 heteroatoms. The number of anilines is 1. The first-order valence-corrected chi connectivity index (χ1v) is 4.53. The molecule has 0 aliphatic heterocycles. The number of nitrogens with two attached hydrogens (primary N) is 1. The van der Waals surface area contributed by atoms with Crippen LogP contribution in [-0.4, -0.2) is 17.8 Å². The molecule has 2 rings (SSSR count). The minimum absolute atomic E-state index is 0.410. The normalized spacial score (nSPS) is 9.29. The van der Waals surface area contributed by atoms with E-state index in [-0.39, 0.29) is 0 Å². The summed E-state index contributed by atoms with van der Waals surface area (Å²) < 4.78 is 0. The average molecular weight is 185 g/mol. The number of fused-ring (bicyclic) bond motifs is 1. The fraction of sp³-hybridized carbons (Fsp3) is 0.200. The van der Waals surface area contributed by atoms with Gasteiger partial charge in [-0.15, -0.1) is 0 Å². The molecule has 2 N–H and O–H groups in total. The number of hydrogen-bond donors (Lipinski definition) is 1. The van der Waals surface area contributed by atoms with Gasteiger partial charge in [-0.25, -0.2) is 0 Å².